The Balaban J connectivity index is 1.55. The van der Waals surface area contributed by atoms with Gasteiger partial charge in [-0.3, -0.25) is 4.79 Å². The Labute approximate surface area is 209 Å². The smallest absolute Gasteiger partial charge is 0.200 e. The van der Waals surface area contributed by atoms with Crippen LogP contribution in [0.2, 0.25) is 5.02 Å². The summed E-state index contributed by atoms with van der Waals surface area (Å²) >= 11 is 5.99. The van der Waals surface area contributed by atoms with E-state index in [4.69, 9.17) is 30.2 Å². The van der Waals surface area contributed by atoms with Gasteiger partial charge in [0.25, 0.3) is 0 Å². The van der Waals surface area contributed by atoms with Gasteiger partial charge in [-0.1, -0.05) is 43.1 Å². The minimum absolute atomic E-state index is 0.0696. The highest BCUT2D eigenvalue weighted by Crippen LogP contribution is 2.36. The predicted octanol–water partition coefficient (Wildman–Crippen LogP) is 7.11. The maximum absolute atomic E-state index is 13.7. The van der Waals surface area contributed by atoms with E-state index in [0.29, 0.717) is 58.6 Å². The molecule has 180 valence electrons. The number of hydrogen-bond acceptors (Lipinski definition) is 5. The molecule has 0 spiro atoms. The van der Waals surface area contributed by atoms with Crippen molar-refractivity contribution in [2.24, 2.45) is 0 Å². The van der Waals surface area contributed by atoms with E-state index in [1.807, 2.05) is 61.5 Å². The first-order valence-corrected chi connectivity index (χ1v) is 12.3. The summed E-state index contributed by atoms with van der Waals surface area (Å²) < 4.78 is 23.9. The minimum atomic E-state index is -0.0696. The van der Waals surface area contributed by atoms with Crippen molar-refractivity contribution in [3.05, 3.63) is 86.7 Å². The molecule has 5 rings (SSSR count). The average Bonchev–Trinajstić information content (AvgIpc) is 3.09. The van der Waals surface area contributed by atoms with Gasteiger partial charge in [0.15, 0.2) is 11.5 Å². The van der Waals surface area contributed by atoms with E-state index in [9.17, 15) is 4.79 Å². The van der Waals surface area contributed by atoms with Gasteiger partial charge >= 0.3 is 0 Å². The first kappa shape index (κ1) is 23.3. The lowest BCUT2D eigenvalue weighted by Gasteiger charge is -2.14. The molecule has 0 atom stereocenters. The molecule has 4 aromatic rings. The minimum Gasteiger partial charge on any atom is -0.490 e. The summed E-state index contributed by atoms with van der Waals surface area (Å²) in [6.07, 6.45) is 2.54. The number of benzene rings is 3. The monoisotopic (exact) mass is 490 g/mol. The fourth-order valence-corrected chi connectivity index (χ4v) is 4.50. The largest absolute Gasteiger partial charge is 0.490 e. The first-order valence-electron chi connectivity index (χ1n) is 11.9. The molecule has 0 amide bonds. The number of rotatable bonds is 6. The second kappa shape index (κ2) is 10.0. The van der Waals surface area contributed by atoms with E-state index < -0.39 is 0 Å². The summed E-state index contributed by atoms with van der Waals surface area (Å²) in [6.45, 7) is 5.52. The third-order valence-electron chi connectivity index (χ3n) is 6.11. The molecule has 2 heterocycles. The Hall–Kier alpha value is -3.44. The third-order valence-corrected chi connectivity index (χ3v) is 6.36. The zero-order valence-electron chi connectivity index (χ0n) is 19.9. The number of ether oxygens (including phenoxy) is 3. The van der Waals surface area contributed by atoms with Gasteiger partial charge in [-0.2, -0.15) is 0 Å². The van der Waals surface area contributed by atoms with E-state index >= 15 is 0 Å². The lowest BCUT2D eigenvalue weighted by atomic mass is 10.00. The van der Waals surface area contributed by atoms with Crippen LogP contribution in [-0.2, 0) is 13.0 Å². The van der Waals surface area contributed by atoms with Gasteiger partial charge in [-0.15, -0.1) is 0 Å². The summed E-state index contributed by atoms with van der Waals surface area (Å²) in [4.78, 5) is 13.7. The first-order chi connectivity index (χ1) is 17.0. The van der Waals surface area contributed by atoms with Gasteiger partial charge in [0.2, 0.25) is 5.43 Å². The van der Waals surface area contributed by atoms with Crippen molar-refractivity contribution in [3.63, 3.8) is 0 Å². The van der Waals surface area contributed by atoms with Gasteiger partial charge in [0, 0.05) is 17.5 Å². The van der Waals surface area contributed by atoms with Gasteiger partial charge in [-0.25, -0.2) is 0 Å². The lowest BCUT2D eigenvalue weighted by Crippen LogP contribution is -2.09. The van der Waals surface area contributed by atoms with Crippen LogP contribution in [0.1, 0.15) is 36.7 Å². The fourth-order valence-electron chi connectivity index (χ4n) is 4.37. The SMILES string of the molecule is CCCc1cc2c(=O)c(-c3ccc4c(c3)OCCCO4)c(C)oc2cc1OCc1ccc(Cl)cc1. The highest BCUT2D eigenvalue weighted by molar-refractivity contribution is 6.30. The van der Waals surface area contributed by atoms with Crippen molar-refractivity contribution in [1.29, 1.82) is 0 Å². The quantitative estimate of drug-likeness (QED) is 0.288. The van der Waals surface area contributed by atoms with Crippen molar-refractivity contribution < 1.29 is 18.6 Å². The molecule has 5 nitrogen and oxygen atoms in total. The summed E-state index contributed by atoms with van der Waals surface area (Å²) in [7, 11) is 0. The lowest BCUT2D eigenvalue weighted by molar-refractivity contribution is 0.297. The van der Waals surface area contributed by atoms with Crippen molar-refractivity contribution >= 4 is 22.6 Å². The zero-order valence-corrected chi connectivity index (χ0v) is 20.6. The molecule has 0 saturated heterocycles. The maximum atomic E-state index is 13.7. The molecule has 1 aliphatic rings. The molecule has 1 aliphatic heterocycles. The van der Waals surface area contributed by atoms with Gasteiger partial charge in [-0.05, 0) is 60.4 Å². The average molecular weight is 491 g/mol. The molecule has 0 aliphatic carbocycles. The number of aryl methyl sites for hydroxylation is 2. The molecular weight excluding hydrogens is 464 g/mol. The van der Waals surface area contributed by atoms with E-state index in [1.165, 1.54) is 0 Å². The van der Waals surface area contributed by atoms with Crippen LogP contribution >= 0.6 is 11.6 Å². The molecule has 3 aromatic carbocycles. The van der Waals surface area contributed by atoms with Crippen LogP contribution in [0.25, 0.3) is 22.1 Å². The Kier molecular flexibility index (Phi) is 6.69. The number of halogens is 1. The van der Waals surface area contributed by atoms with Gasteiger partial charge in [0.1, 0.15) is 23.7 Å². The Morgan fingerprint density at radius 3 is 2.51 bits per heavy atom. The third kappa shape index (κ3) is 4.87. The van der Waals surface area contributed by atoms with Crippen molar-refractivity contribution in [2.75, 3.05) is 13.2 Å². The molecule has 0 saturated carbocycles. The highest BCUT2D eigenvalue weighted by atomic mass is 35.5. The van der Waals surface area contributed by atoms with Crippen molar-refractivity contribution in [2.45, 2.75) is 39.7 Å². The van der Waals surface area contributed by atoms with E-state index in [2.05, 4.69) is 6.92 Å². The summed E-state index contributed by atoms with van der Waals surface area (Å²) in [6, 6.07) is 16.9. The molecule has 0 unspecified atom stereocenters. The van der Waals surface area contributed by atoms with Crippen LogP contribution in [0.4, 0.5) is 0 Å². The van der Waals surface area contributed by atoms with Crippen molar-refractivity contribution in [3.8, 4) is 28.4 Å². The number of fused-ring (bicyclic) bond motifs is 2. The molecule has 0 fully saturated rings. The van der Waals surface area contributed by atoms with Crippen molar-refractivity contribution in [1.82, 2.24) is 0 Å². The molecule has 0 N–H and O–H groups in total. The molecular formula is C29H27ClO5. The predicted molar refractivity (Wildman–Crippen MR) is 138 cm³/mol. The second-order valence-corrected chi connectivity index (χ2v) is 9.13. The van der Waals surface area contributed by atoms with Crippen LogP contribution in [0.3, 0.4) is 0 Å². The van der Waals surface area contributed by atoms with E-state index in [0.717, 1.165) is 41.7 Å². The second-order valence-electron chi connectivity index (χ2n) is 8.70. The van der Waals surface area contributed by atoms with Crippen LogP contribution in [0.15, 0.2) is 63.8 Å². The molecule has 6 heteroatoms. The number of hydrogen-bond donors (Lipinski definition) is 0. The Bertz CT molecular complexity index is 1420. The molecule has 0 radical (unpaired) electrons. The normalized spacial score (nSPS) is 13.0. The molecule has 35 heavy (non-hydrogen) atoms. The topological polar surface area (TPSA) is 57.9 Å². The van der Waals surface area contributed by atoms with Crippen LogP contribution < -0.4 is 19.6 Å². The summed E-state index contributed by atoms with van der Waals surface area (Å²) in [5.41, 5.74) is 3.72. The van der Waals surface area contributed by atoms with E-state index in [1.54, 1.807) is 0 Å². The van der Waals surface area contributed by atoms with Gasteiger partial charge in [0.05, 0.1) is 24.2 Å². The molecule has 0 bridgehead atoms. The van der Waals surface area contributed by atoms with E-state index in [-0.39, 0.29) is 5.43 Å². The van der Waals surface area contributed by atoms with Crippen LogP contribution in [-0.4, -0.2) is 13.2 Å². The van der Waals surface area contributed by atoms with Crippen LogP contribution in [0.5, 0.6) is 17.2 Å². The van der Waals surface area contributed by atoms with Crippen LogP contribution in [0, 0.1) is 6.92 Å². The fraction of sp³-hybridized carbons (Fsp3) is 0.276. The molecule has 1 aromatic heterocycles. The maximum Gasteiger partial charge on any atom is 0.200 e. The zero-order chi connectivity index (χ0) is 24.4. The Morgan fingerprint density at radius 2 is 1.74 bits per heavy atom. The standard InChI is InChI=1S/C29H27ClO5/c1-3-5-20-14-23-26(16-25(20)34-17-19-6-9-22(30)10-7-19)35-18(2)28(29(23)31)21-8-11-24-27(15-21)33-13-4-12-32-24/h6-11,14-16H,3-5,12-13,17H2,1-2H3. The van der Waals surface area contributed by atoms with Gasteiger partial charge < -0.3 is 18.6 Å². The summed E-state index contributed by atoms with van der Waals surface area (Å²) in [5.74, 6) is 2.61. The Morgan fingerprint density at radius 1 is 0.971 bits per heavy atom. The summed E-state index contributed by atoms with van der Waals surface area (Å²) in [5, 5.41) is 1.23. The highest BCUT2D eigenvalue weighted by Gasteiger charge is 2.19.